The third kappa shape index (κ3) is 4.51. The number of nitro benzene ring substituents is 1. The van der Waals surface area contributed by atoms with Crippen molar-refractivity contribution < 1.29 is 14.5 Å². The van der Waals surface area contributed by atoms with Gasteiger partial charge in [-0.05, 0) is 55.3 Å². The topological polar surface area (TPSA) is 81.5 Å². The number of halogens is 1. The summed E-state index contributed by atoms with van der Waals surface area (Å²) < 4.78 is 5.48. The zero-order valence-electron chi connectivity index (χ0n) is 11.1. The number of rotatable bonds is 2. The number of nitrogens with zero attached hydrogens (tertiary/aromatic N) is 1. The lowest BCUT2D eigenvalue weighted by atomic mass is 10.2. The molecule has 0 aliphatic rings. The maximum absolute atomic E-state index is 11.6. The van der Waals surface area contributed by atoms with E-state index in [0.29, 0.717) is 15.7 Å². The highest BCUT2D eigenvalue weighted by Gasteiger charge is 2.19. The molecule has 1 aromatic carbocycles. The van der Waals surface area contributed by atoms with E-state index in [4.69, 9.17) is 4.74 Å². The minimum atomic E-state index is -0.650. The Labute approximate surface area is 119 Å². The molecule has 1 N–H and O–H groups in total. The van der Waals surface area contributed by atoms with Crippen LogP contribution in [0.15, 0.2) is 16.6 Å². The Morgan fingerprint density at radius 3 is 2.47 bits per heavy atom. The number of ether oxygens (including phenoxy) is 1. The van der Waals surface area contributed by atoms with Crippen molar-refractivity contribution in [3.63, 3.8) is 0 Å². The van der Waals surface area contributed by atoms with Gasteiger partial charge in [0, 0.05) is 6.07 Å². The minimum Gasteiger partial charge on any atom is -0.444 e. The Bertz CT molecular complexity index is 523. The van der Waals surface area contributed by atoms with Gasteiger partial charge in [0.05, 0.1) is 15.1 Å². The molecule has 19 heavy (non-hydrogen) atoms. The SMILES string of the molecule is Cc1cc(NC(=O)OC(C)(C)C)cc([N+](=O)[O-])c1Br. The van der Waals surface area contributed by atoms with Crippen molar-refractivity contribution in [3.05, 3.63) is 32.3 Å². The van der Waals surface area contributed by atoms with Crippen LogP contribution in [0.2, 0.25) is 0 Å². The molecule has 0 aromatic heterocycles. The first kappa shape index (κ1) is 15.4. The number of carbonyl (C=O) groups is 1. The van der Waals surface area contributed by atoms with E-state index in [0.717, 1.165) is 0 Å². The molecule has 0 aliphatic carbocycles. The van der Waals surface area contributed by atoms with Crippen LogP contribution < -0.4 is 5.32 Å². The fraction of sp³-hybridized carbons (Fsp3) is 0.417. The van der Waals surface area contributed by atoms with Crippen LogP contribution >= 0.6 is 15.9 Å². The lowest BCUT2D eigenvalue weighted by Gasteiger charge is -2.19. The number of hydrogen-bond donors (Lipinski definition) is 1. The highest BCUT2D eigenvalue weighted by Crippen LogP contribution is 2.31. The molecular formula is C12H15BrN2O4. The van der Waals surface area contributed by atoms with E-state index in [9.17, 15) is 14.9 Å². The van der Waals surface area contributed by atoms with Gasteiger partial charge in [-0.2, -0.15) is 0 Å². The first-order valence-corrected chi connectivity index (χ1v) is 6.34. The van der Waals surface area contributed by atoms with Gasteiger partial charge >= 0.3 is 6.09 Å². The summed E-state index contributed by atoms with van der Waals surface area (Å²) in [4.78, 5) is 21.9. The molecule has 0 saturated heterocycles. The van der Waals surface area contributed by atoms with E-state index in [1.807, 2.05) is 0 Å². The van der Waals surface area contributed by atoms with Gasteiger partial charge in [-0.15, -0.1) is 0 Å². The number of hydrogen-bond acceptors (Lipinski definition) is 4. The van der Waals surface area contributed by atoms with Crippen molar-refractivity contribution in [1.29, 1.82) is 0 Å². The normalized spacial score (nSPS) is 11.0. The van der Waals surface area contributed by atoms with Crippen molar-refractivity contribution in [2.45, 2.75) is 33.3 Å². The Morgan fingerprint density at radius 2 is 2.00 bits per heavy atom. The molecule has 6 nitrogen and oxygen atoms in total. The number of nitrogens with one attached hydrogen (secondary N) is 1. The molecule has 1 aromatic rings. The van der Waals surface area contributed by atoms with Crippen LogP contribution in [-0.2, 0) is 4.74 Å². The third-order valence-electron chi connectivity index (χ3n) is 2.08. The third-order valence-corrected chi connectivity index (χ3v) is 3.11. The van der Waals surface area contributed by atoms with Crippen molar-refractivity contribution in [2.75, 3.05) is 5.32 Å². The van der Waals surface area contributed by atoms with Gasteiger partial charge in [0.25, 0.3) is 5.69 Å². The van der Waals surface area contributed by atoms with E-state index in [-0.39, 0.29) is 5.69 Å². The second kappa shape index (κ2) is 5.56. The fourth-order valence-electron chi connectivity index (χ4n) is 1.38. The lowest BCUT2D eigenvalue weighted by molar-refractivity contribution is -0.385. The number of nitro groups is 1. The van der Waals surface area contributed by atoms with Crippen LogP contribution in [-0.4, -0.2) is 16.6 Å². The summed E-state index contributed by atoms with van der Waals surface area (Å²) in [6.45, 7) is 6.92. The predicted molar refractivity (Wildman–Crippen MR) is 75.4 cm³/mol. The second-order valence-electron chi connectivity index (χ2n) is 5.01. The molecule has 0 aliphatic heterocycles. The van der Waals surface area contributed by atoms with E-state index in [1.165, 1.54) is 6.07 Å². The lowest BCUT2D eigenvalue weighted by Crippen LogP contribution is -2.27. The predicted octanol–water partition coefficient (Wildman–Crippen LogP) is 4.01. The average molecular weight is 331 g/mol. The molecular weight excluding hydrogens is 316 g/mol. The smallest absolute Gasteiger partial charge is 0.412 e. The zero-order chi connectivity index (χ0) is 14.8. The average Bonchev–Trinajstić information content (AvgIpc) is 2.19. The Hall–Kier alpha value is -1.63. The summed E-state index contributed by atoms with van der Waals surface area (Å²) in [5, 5.41) is 13.3. The number of amides is 1. The molecule has 1 rings (SSSR count). The van der Waals surface area contributed by atoms with Crippen LogP contribution in [0.25, 0.3) is 0 Å². The summed E-state index contributed by atoms with van der Waals surface area (Å²) in [6, 6.07) is 2.90. The van der Waals surface area contributed by atoms with Crippen LogP contribution in [0.1, 0.15) is 26.3 Å². The van der Waals surface area contributed by atoms with Gasteiger partial charge in [-0.25, -0.2) is 4.79 Å². The van der Waals surface area contributed by atoms with Gasteiger partial charge in [0.15, 0.2) is 0 Å². The van der Waals surface area contributed by atoms with Crippen molar-refractivity contribution in [3.8, 4) is 0 Å². The standard InChI is InChI=1S/C12H15BrN2O4/c1-7-5-8(6-9(10(7)13)15(17)18)14-11(16)19-12(2,3)4/h5-6H,1-4H3,(H,14,16). The minimum absolute atomic E-state index is 0.106. The van der Waals surface area contributed by atoms with Crippen LogP contribution in [0.3, 0.4) is 0 Å². The summed E-state index contributed by atoms with van der Waals surface area (Å²) >= 11 is 3.14. The molecule has 0 bridgehead atoms. The van der Waals surface area contributed by atoms with Crippen molar-refractivity contribution >= 4 is 33.4 Å². The first-order chi connectivity index (χ1) is 8.60. The molecule has 0 saturated carbocycles. The number of anilines is 1. The molecule has 0 radical (unpaired) electrons. The quantitative estimate of drug-likeness (QED) is 0.656. The largest absolute Gasteiger partial charge is 0.444 e. The summed E-state index contributed by atoms with van der Waals surface area (Å²) in [5.41, 5.74) is 0.244. The van der Waals surface area contributed by atoms with Crippen LogP contribution in [0.4, 0.5) is 16.2 Å². The number of carbonyl (C=O) groups excluding carboxylic acids is 1. The Morgan fingerprint density at radius 1 is 1.42 bits per heavy atom. The Kier molecular flexibility index (Phi) is 4.52. The van der Waals surface area contributed by atoms with Crippen molar-refractivity contribution in [2.24, 2.45) is 0 Å². The van der Waals surface area contributed by atoms with E-state index in [1.54, 1.807) is 33.8 Å². The molecule has 0 heterocycles. The molecule has 1 amide bonds. The molecule has 0 spiro atoms. The van der Waals surface area contributed by atoms with E-state index < -0.39 is 16.6 Å². The van der Waals surface area contributed by atoms with E-state index in [2.05, 4.69) is 21.2 Å². The molecule has 104 valence electrons. The summed E-state index contributed by atoms with van der Waals surface area (Å²) in [5.74, 6) is 0. The maximum atomic E-state index is 11.6. The Balaban J connectivity index is 2.97. The fourth-order valence-corrected chi connectivity index (χ4v) is 1.75. The molecule has 0 fully saturated rings. The van der Waals surface area contributed by atoms with Crippen LogP contribution in [0, 0.1) is 17.0 Å². The van der Waals surface area contributed by atoms with Gasteiger partial charge in [0.1, 0.15) is 5.60 Å². The van der Waals surface area contributed by atoms with E-state index >= 15 is 0 Å². The van der Waals surface area contributed by atoms with Gasteiger partial charge in [0.2, 0.25) is 0 Å². The zero-order valence-corrected chi connectivity index (χ0v) is 12.7. The summed E-state index contributed by atoms with van der Waals surface area (Å²) in [6.07, 6.45) is -0.650. The maximum Gasteiger partial charge on any atom is 0.412 e. The first-order valence-electron chi connectivity index (χ1n) is 5.54. The highest BCUT2D eigenvalue weighted by molar-refractivity contribution is 9.10. The van der Waals surface area contributed by atoms with Crippen molar-refractivity contribution in [1.82, 2.24) is 0 Å². The number of aryl methyl sites for hydroxylation is 1. The monoisotopic (exact) mass is 330 g/mol. The molecule has 0 atom stereocenters. The highest BCUT2D eigenvalue weighted by atomic mass is 79.9. The molecule has 0 unspecified atom stereocenters. The van der Waals surface area contributed by atoms with Gasteiger partial charge in [-0.1, -0.05) is 0 Å². The van der Waals surface area contributed by atoms with Gasteiger partial charge in [-0.3, -0.25) is 15.4 Å². The second-order valence-corrected chi connectivity index (χ2v) is 5.80. The van der Waals surface area contributed by atoms with Crippen LogP contribution in [0.5, 0.6) is 0 Å². The summed E-state index contributed by atoms with van der Waals surface area (Å²) in [7, 11) is 0. The van der Waals surface area contributed by atoms with Gasteiger partial charge < -0.3 is 4.74 Å². The molecule has 7 heteroatoms. The number of benzene rings is 1.